The van der Waals surface area contributed by atoms with Crippen LogP contribution in [0, 0.1) is 0 Å². The van der Waals surface area contributed by atoms with Gasteiger partial charge in [-0.1, -0.05) is 24.3 Å². The van der Waals surface area contributed by atoms with Gasteiger partial charge in [-0.2, -0.15) is 0 Å². The molecule has 1 heterocycles. The number of rotatable bonds is 4. The first kappa shape index (κ1) is 12.6. The Morgan fingerprint density at radius 2 is 1.88 bits per heavy atom. The first-order valence-electron chi connectivity index (χ1n) is 6.35. The molecule has 1 aromatic rings. The molecule has 94 valence electrons. The average Bonchev–Trinajstić information content (AvgIpc) is 2.40. The van der Waals surface area contributed by atoms with Crippen LogP contribution in [0.25, 0.3) is 0 Å². The van der Waals surface area contributed by atoms with Crippen molar-refractivity contribution in [2.24, 2.45) is 5.73 Å². The van der Waals surface area contributed by atoms with Crippen LogP contribution >= 0.6 is 0 Å². The Hall–Kier alpha value is -0.900. The van der Waals surface area contributed by atoms with Crippen molar-refractivity contribution in [2.75, 3.05) is 20.2 Å². The highest BCUT2D eigenvalue weighted by Crippen LogP contribution is 2.17. The van der Waals surface area contributed by atoms with Crippen LogP contribution in [0.1, 0.15) is 24.0 Å². The van der Waals surface area contributed by atoms with E-state index in [9.17, 15) is 0 Å². The molecule has 0 unspecified atom stereocenters. The molecule has 0 amide bonds. The second-order valence-electron chi connectivity index (χ2n) is 4.68. The molecule has 1 aliphatic heterocycles. The Labute approximate surface area is 104 Å². The van der Waals surface area contributed by atoms with Gasteiger partial charge < -0.3 is 10.5 Å². The van der Waals surface area contributed by atoms with Gasteiger partial charge in [-0.3, -0.25) is 4.90 Å². The minimum absolute atomic E-state index is 0.455. The van der Waals surface area contributed by atoms with Crippen molar-refractivity contribution in [1.82, 2.24) is 4.90 Å². The van der Waals surface area contributed by atoms with Gasteiger partial charge in [0.25, 0.3) is 0 Å². The van der Waals surface area contributed by atoms with E-state index < -0.39 is 0 Å². The van der Waals surface area contributed by atoms with Crippen LogP contribution in [-0.2, 0) is 17.8 Å². The third kappa shape index (κ3) is 3.28. The molecular formula is C14H22N2O. The molecule has 0 saturated carbocycles. The first-order valence-corrected chi connectivity index (χ1v) is 6.35. The molecule has 1 aliphatic rings. The van der Waals surface area contributed by atoms with E-state index >= 15 is 0 Å². The summed E-state index contributed by atoms with van der Waals surface area (Å²) in [6.45, 7) is 3.89. The third-order valence-electron chi connectivity index (χ3n) is 3.60. The Bertz CT molecular complexity index is 346. The maximum Gasteiger partial charge on any atom is 0.0595 e. The quantitative estimate of drug-likeness (QED) is 0.862. The molecule has 0 spiro atoms. The number of ether oxygens (including phenoxy) is 1. The van der Waals surface area contributed by atoms with Crippen molar-refractivity contribution >= 4 is 0 Å². The molecule has 0 aliphatic carbocycles. The standard InChI is InChI=1S/C14H22N2O/c1-17-14-6-8-16(9-7-14)11-13-5-3-2-4-12(13)10-15/h2-5,14H,6-11,15H2,1H3. The Morgan fingerprint density at radius 3 is 2.47 bits per heavy atom. The van der Waals surface area contributed by atoms with Gasteiger partial charge in [0.1, 0.15) is 0 Å². The van der Waals surface area contributed by atoms with Crippen molar-refractivity contribution in [3.05, 3.63) is 35.4 Å². The van der Waals surface area contributed by atoms with Gasteiger partial charge in [-0.05, 0) is 24.0 Å². The fourth-order valence-corrected chi connectivity index (χ4v) is 2.45. The Kier molecular flexibility index (Phi) is 4.54. The summed E-state index contributed by atoms with van der Waals surface area (Å²) in [5.74, 6) is 0. The summed E-state index contributed by atoms with van der Waals surface area (Å²) in [7, 11) is 1.81. The fourth-order valence-electron chi connectivity index (χ4n) is 2.45. The normalized spacial score (nSPS) is 18.5. The van der Waals surface area contributed by atoms with E-state index in [1.807, 2.05) is 7.11 Å². The van der Waals surface area contributed by atoms with Gasteiger partial charge in [0, 0.05) is 33.3 Å². The number of hydrogen-bond acceptors (Lipinski definition) is 3. The molecule has 0 atom stereocenters. The van der Waals surface area contributed by atoms with E-state index in [1.54, 1.807) is 0 Å². The topological polar surface area (TPSA) is 38.5 Å². The summed E-state index contributed by atoms with van der Waals surface area (Å²) in [6, 6.07) is 8.46. The van der Waals surface area contributed by atoms with Crippen LogP contribution in [0.4, 0.5) is 0 Å². The highest BCUT2D eigenvalue weighted by atomic mass is 16.5. The minimum atomic E-state index is 0.455. The smallest absolute Gasteiger partial charge is 0.0595 e. The zero-order valence-corrected chi connectivity index (χ0v) is 10.6. The number of nitrogens with two attached hydrogens (primary N) is 1. The van der Waals surface area contributed by atoms with Gasteiger partial charge in [0.05, 0.1) is 6.10 Å². The van der Waals surface area contributed by atoms with E-state index in [4.69, 9.17) is 10.5 Å². The molecule has 3 heteroatoms. The van der Waals surface area contributed by atoms with Crippen LogP contribution in [-0.4, -0.2) is 31.2 Å². The lowest BCUT2D eigenvalue weighted by molar-refractivity contribution is 0.0388. The van der Waals surface area contributed by atoms with Gasteiger partial charge in [0.15, 0.2) is 0 Å². The number of likely N-dealkylation sites (tertiary alicyclic amines) is 1. The zero-order valence-electron chi connectivity index (χ0n) is 10.6. The molecule has 17 heavy (non-hydrogen) atoms. The summed E-state index contributed by atoms with van der Waals surface area (Å²) >= 11 is 0. The summed E-state index contributed by atoms with van der Waals surface area (Å²) in [4.78, 5) is 2.49. The predicted octanol–water partition coefficient (Wildman–Crippen LogP) is 1.76. The second-order valence-corrected chi connectivity index (χ2v) is 4.68. The number of nitrogens with zero attached hydrogens (tertiary/aromatic N) is 1. The van der Waals surface area contributed by atoms with E-state index in [0.29, 0.717) is 12.6 Å². The predicted molar refractivity (Wildman–Crippen MR) is 69.6 cm³/mol. The highest BCUT2D eigenvalue weighted by Gasteiger charge is 2.18. The van der Waals surface area contributed by atoms with E-state index in [1.165, 1.54) is 11.1 Å². The Morgan fingerprint density at radius 1 is 1.24 bits per heavy atom. The second kappa shape index (κ2) is 6.15. The van der Waals surface area contributed by atoms with Gasteiger partial charge >= 0.3 is 0 Å². The van der Waals surface area contributed by atoms with Crippen molar-refractivity contribution in [2.45, 2.75) is 32.0 Å². The van der Waals surface area contributed by atoms with Crippen molar-refractivity contribution in [3.8, 4) is 0 Å². The first-order chi connectivity index (χ1) is 8.33. The molecule has 2 N–H and O–H groups in total. The summed E-state index contributed by atoms with van der Waals surface area (Å²) in [5, 5.41) is 0. The minimum Gasteiger partial charge on any atom is -0.381 e. The maximum atomic E-state index is 5.76. The zero-order chi connectivity index (χ0) is 12.1. The molecule has 0 bridgehead atoms. The van der Waals surface area contributed by atoms with E-state index in [2.05, 4.69) is 29.2 Å². The molecule has 1 fully saturated rings. The van der Waals surface area contributed by atoms with E-state index in [0.717, 1.165) is 32.5 Å². The monoisotopic (exact) mass is 234 g/mol. The molecular weight excluding hydrogens is 212 g/mol. The van der Waals surface area contributed by atoms with Crippen molar-refractivity contribution in [3.63, 3.8) is 0 Å². The number of hydrogen-bond donors (Lipinski definition) is 1. The van der Waals surface area contributed by atoms with Crippen molar-refractivity contribution < 1.29 is 4.74 Å². The molecule has 3 nitrogen and oxygen atoms in total. The molecule has 0 aromatic heterocycles. The molecule has 1 aromatic carbocycles. The summed E-state index contributed by atoms with van der Waals surface area (Å²) in [5.41, 5.74) is 8.39. The van der Waals surface area contributed by atoms with Crippen LogP contribution in [0.2, 0.25) is 0 Å². The number of methoxy groups -OCH3 is 1. The van der Waals surface area contributed by atoms with Gasteiger partial charge in [0.2, 0.25) is 0 Å². The van der Waals surface area contributed by atoms with Crippen molar-refractivity contribution in [1.29, 1.82) is 0 Å². The average molecular weight is 234 g/mol. The molecule has 0 radical (unpaired) electrons. The lowest BCUT2D eigenvalue weighted by Gasteiger charge is -2.31. The maximum absolute atomic E-state index is 5.76. The number of benzene rings is 1. The molecule has 2 rings (SSSR count). The fraction of sp³-hybridized carbons (Fsp3) is 0.571. The van der Waals surface area contributed by atoms with Gasteiger partial charge in [-0.25, -0.2) is 0 Å². The Balaban J connectivity index is 1.93. The third-order valence-corrected chi connectivity index (χ3v) is 3.60. The van der Waals surface area contributed by atoms with E-state index in [-0.39, 0.29) is 0 Å². The summed E-state index contributed by atoms with van der Waals surface area (Å²) < 4.78 is 5.39. The highest BCUT2D eigenvalue weighted by molar-refractivity contribution is 5.26. The largest absolute Gasteiger partial charge is 0.381 e. The number of piperidine rings is 1. The lowest BCUT2D eigenvalue weighted by atomic mass is 10.0. The SMILES string of the molecule is COC1CCN(Cc2ccccc2CN)CC1. The lowest BCUT2D eigenvalue weighted by Crippen LogP contribution is -2.36. The van der Waals surface area contributed by atoms with Crippen LogP contribution in [0.15, 0.2) is 24.3 Å². The van der Waals surface area contributed by atoms with Crippen LogP contribution < -0.4 is 5.73 Å². The summed E-state index contributed by atoms with van der Waals surface area (Å²) in [6.07, 6.45) is 2.73. The molecule has 1 saturated heterocycles. The van der Waals surface area contributed by atoms with Crippen LogP contribution in [0.5, 0.6) is 0 Å². The van der Waals surface area contributed by atoms with Gasteiger partial charge in [-0.15, -0.1) is 0 Å². The van der Waals surface area contributed by atoms with Crippen LogP contribution in [0.3, 0.4) is 0 Å².